The fourth-order valence-electron chi connectivity index (χ4n) is 5.01. The fourth-order valence-corrected chi connectivity index (χ4v) is 5.01. The minimum absolute atomic E-state index is 0.00123. The summed E-state index contributed by atoms with van der Waals surface area (Å²) < 4.78 is 5.56. The summed E-state index contributed by atoms with van der Waals surface area (Å²) in [4.78, 5) is 54.0. The lowest BCUT2D eigenvalue weighted by Gasteiger charge is -2.22. The molecule has 0 aromatic heterocycles. The van der Waals surface area contributed by atoms with E-state index in [1.54, 1.807) is 23.1 Å². The van der Waals surface area contributed by atoms with E-state index < -0.39 is 11.9 Å². The maximum atomic E-state index is 13.0. The number of carbonyl (C=O) groups is 4. The monoisotopic (exact) mass is 444 g/mol. The normalized spacial score (nSPS) is 26.6. The number of carbonyl (C=O) groups excluding carboxylic acids is 4. The number of amides is 3. The van der Waals surface area contributed by atoms with E-state index in [9.17, 15) is 19.2 Å². The number of hydrogen-bond acceptors (Lipinski definition) is 5. The number of imide groups is 1. The number of anilines is 2. The highest BCUT2D eigenvalue weighted by atomic mass is 16.5. The molecule has 5 rings (SSSR count). The topological polar surface area (TPSA) is 84.0 Å². The molecular formula is C26H24N2O5. The van der Waals surface area contributed by atoms with Gasteiger partial charge >= 0.3 is 5.97 Å². The molecule has 7 heteroatoms. The molecule has 33 heavy (non-hydrogen) atoms. The van der Waals surface area contributed by atoms with Crippen LogP contribution < -0.4 is 14.5 Å². The molecule has 2 aromatic rings. The number of hydrogen-bond donors (Lipinski definition) is 0. The Balaban J connectivity index is 1.30. The van der Waals surface area contributed by atoms with Gasteiger partial charge in [0.25, 0.3) is 0 Å². The van der Waals surface area contributed by atoms with Gasteiger partial charge in [-0.25, -0.2) is 4.90 Å². The summed E-state index contributed by atoms with van der Waals surface area (Å²) in [6.07, 6.45) is 4.57. The van der Waals surface area contributed by atoms with Crippen molar-refractivity contribution in [1.82, 2.24) is 0 Å². The Hall–Kier alpha value is -3.74. The molecule has 0 bridgehead atoms. The van der Waals surface area contributed by atoms with Crippen molar-refractivity contribution in [1.29, 1.82) is 0 Å². The summed E-state index contributed by atoms with van der Waals surface area (Å²) in [5.41, 5.74) is 1.14. The van der Waals surface area contributed by atoms with Crippen LogP contribution in [0.1, 0.15) is 19.8 Å². The van der Waals surface area contributed by atoms with Crippen molar-refractivity contribution in [2.75, 3.05) is 16.3 Å². The van der Waals surface area contributed by atoms with Crippen molar-refractivity contribution in [3.8, 4) is 5.75 Å². The first kappa shape index (κ1) is 21.1. The standard InChI is InChI=1S/C26H24N2O5/c1-16-7-5-12-21-23(16)25(31)28(24(21)30)19-10-6-11-20(14-19)33-26(32)17-13-22(29)27(15-17)18-8-3-2-4-9-18/h2-11,14,16-17,21,23H,12-13,15H2,1H3/t16-,17+,21+,23+/m1/s1. The Kier molecular flexibility index (Phi) is 5.32. The third-order valence-electron chi connectivity index (χ3n) is 6.69. The lowest BCUT2D eigenvalue weighted by Crippen LogP contribution is -2.31. The number of rotatable bonds is 4. The Morgan fingerprint density at radius 1 is 0.970 bits per heavy atom. The van der Waals surface area contributed by atoms with Crippen LogP contribution in [0.15, 0.2) is 66.7 Å². The molecule has 0 N–H and O–H groups in total. The first-order valence-electron chi connectivity index (χ1n) is 11.2. The second-order valence-corrected chi connectivity index (χ2v) is 8.83. The van der Waals surface area contributed by atoms with E-state index in [1.165, 1.54) is 11.0 Å². The predicted molar refractivity (Wildman–Crippen MR) is 121 cm³/mol. The van der Waals surface area contributed by atoms with Crippen LogP contribution in [0.25, 0.3) is 0 Å². The average Bonchev–Trinajstić information content (AvgIpc) is 3.33. The minimum atomic E-state index is -0.591. The minimum Gasteiger partial charge on any atom is -0.426 e. The first-order chi connectivity index (χ1) is 15.9. The van der Waals surface area contributed by atoms with Crippen LogP contribution in [0, 0.1) is 23.7 Å². The van der Waals surface area contributed by atoms with Gasteiger partial charge in [-0.2, -0.15) is 0 Å². The Morgan fingerprint density at radius 3 is 2.48 bits per heavy atom. The van der Waals surface area contributed by atoms with E-state index in [1.807, 2.05) is 49.4 Å². The van der Waals surface area contributed by atoms with Gasteiger partial charge in [0.2, 0.25) is 17.7 Å². The van der Waals surface area contributed by atoms with Crippen LogP contribution in [-0.4, -0.2) is 30.2 Å². The van der Waals surface area contributed by atoms with E-state index in [2.05, 4.69) is 0 Å². The maximum Gasteiger partial charge on any atom is 0.316 e. The van der Waals surface area contributed by atoms with Crippen molar-refractivity contribution in [2.24, 2.45) is 23.7 Å². The van der Waals surface area contributed by atoms with Gasteiger partial charge in [0.05, 0.1) is 23.4 Å². The molecule has 0 radical (unpaired) electrons. The zero-order valence-electron chi connectivity index (χ0n) is 18.2. The molecule has 0 unspecified atom stereocenters. The third-order valence-corrected chi connectivity index (χ3v) is 6.69. The SMILES string of the molecule is C[C@@H]1C=CC[C@@H]2C(=O)N(c3cccc(OC(=O)[C@H]4CC(=O)N(c5ccccc5)C4)c3)C(=O)[C@@H]12. The van der Waals surface area contributed by atoms with Gasteiger partial charge < -0.3 is 9.64 Å². The Bertz CT molecular complexity index is 1160. The third kappa shape index (κ3) is 3.73. The van der Waals surface area contributed by atoms with Crippen molar-refractivity contribution in [3.05, 3.63) is 66.7 Å². The molecule has 2 fully saturated rings. The highest BCUT2D eigenvalue weighted by molar-refractivity contribution is 6.22. The molecule has 2 saturated heterocycles. The van der Waals surface area contributed by atoms with Crippen molar-refractivity contribution < 1.29 is 23.9 Å². The smallest absolute Gasteiger partial charge is 0.316 e. The number of ether oxygens (including phenoxy) is 1. The summed E-state index contributed by atoms with van der Waals surface area (Å²) >= 11 is 0. The zero-order valence-corrected chi connectivity index (χ0v) is 18.2. The number of allylic oxidation sites excluding steroid dienone is 2. The summed E-state index contributed by atoms with van der Waals surface area (Å²) in [6.45, 7) is 2.19. The van der Waals surface area contributed by atoms with Crippen LogP contribution >= 0.6 is 0 Å². The predicted octanol–water partition coefficient (Wildman–Crippen LogP) is 3.35. The van der Waals surface area contributed by atoms with Crippen molar-refractivity contribution in [3.63, 3.8) is 0 Å². The van der Waals surface area contributed by atoms with Gasteiger partial charge in [-0.05, 0) is 36.6 Å². The highest BCUT2D eigenvalue weighted by Crippen LogP contribution is 2.41. The molecule has 2 aliphatic heterocycles. The molecule has 168 valence electrons. The molecule has 1 aliphatic carbocycles. The summed E-state index contributed by atoms with van der Waals surface area (Å²) in [6, 6.07) is 15.7. The molecule has 7 nitrogen and oxygen atoms in total. The van der Waals surface area contributed by atoms with Gasteiger partial charge in [-0.15, -0.1) is 0 Å². The van der Waals surface area contributed by atoms with E-state index in [0.717, 1.165) is 5.69 Å². The van der Waals surface area contributed by atoms with Crippen LogP contribution in [-0.2, 0) is 19.2 Å². The second-order valence-electron chi connectivity index (χ2n) is 8.83. The molecule has 2 aromatic carbocycles. The van der Waals surface area contributed by atoms with Gasteiger partial charge in [-0.3, -0.25) is 19.2 Å². The van der Waals surface area contributed by atoms with Crippen molar-refractivity contribution >= 4 is 35.1 Å². The van der Waals surface area contributed by atoms with Gasteiger partial charge in [0, 0.05) is 24.7 Å². The second kappa shape index (κ2) is 8.31. The number of fused-ring (bicyclic) bond motifs is 1. The molecular weight excluding hydrogens is 420 g/mol. The van der Waals surface area contributed by atoms with Gasteiger partial charge in [0.15, 0.2) is 0 Å². The van der Waals surface area contributed by atoms with E-state index >= 15 is 0 Å². The highest BCUT2D eigenvalue weighted by Gasteiger charge is 2.50. The molecule has 0 spiro atoms. The molecule has 3 aliphatic rings. The van der Waals surface area contributed by atoms with Crippen LogP contribution in [0.2, 0.25) is 0 Å². The summed E-state index contributed by atoms with van der Waals surface area (Å²) in [7, 11) is 0. The van der Waals surface area contributed by atoms with Crippen molar-refractivity contribution in [2.45, 2.75) is 19.8 Å². The first-order valence-corrected chi connectivity index (χ1v) is 11.2. The largest absolute Gasteiger partial charge is 0.426 e. The van der Waals surface area contributed by atoms with E-state index in [0.29, 0.717) is 12.1 Å². The van der Waals surface area contributed by atoms with E-state index in [4.69, 9.17) is 4.74 Å². The fraction of sp³-hybridized carbons (Fsp3) is 0.308. The number of para-hydroxylation sites is 1. The zero-order chi connectivity index (χ0) is 23.1. The Morgan fingerprint density at radius 2 is 1.73 bits per heavy atom. The molecule has 2 heterocycles. The van der Waals surface area contributed by atoms with Gasteiger partial charge in [0.1, 0.15) is 5.75 Å². The number of esters is 1. The molecule has 3 amide bonds. The summed E-state index contributed by atoms with van der Waals surface area (Å²) in [5, 5.41) is 0. The lowest BCUT2D eigenvalue weighted by molar-refractivity contribution is -0.139. The van der Waals surface area contributed by atoms with Crippen LogP contribution in [0.5, 0.6) is 5.75 Å². The quantitative estimate of drug-likeness (QED) is 0.313. The number of nitrogens with zero attached hydrogens (tertiary/aromatic N) is 2. The van der Waals surface area contributed by atoms with Crippen LogP contribution in [0.4, 0.5) is 11.4 Å². The molecule has 4 atom stereocenters. The number of benzene rings is 2. The maximum absolute atomic E-state index is 13.0. The Labute approximate surface area is 191 Å². The summed E-state index contributed by atoms with van der Waals surface area (Å²) in [5.74, 6) is -2.14. The van der Waals surface area contributed by atoms with E-state index in [-0.39, 0.29) is 54.2 Å². The average molecular weight is 444 g/mol. The van der Waals surface area contributed by atoms with Crippen LogP contribution in [0.3, 0.4) is 0 Å². The molecule has 0 saturated carbocycles. The van der Waals surface area contributed by atoms with Gasteiger partial charge in [-0.1, -0.05) is 43.3 Å². The lowest BCUT2D eigenvalue weighted by atomic mass is 9.78.